The second-order valence-corrected chi connectivity index (χ2v) is 5.30. The molecular weight excluding hydrogens is 222 g/mol. The summed E-state index contributed by atoms with van der Waals surface area (Å²) in [5.41, 5.74) is 8.89. The Kier molecular flexibility index (Phi) is 5.06. The molecule has 1 atom stereocenters. The Hall–Kier alpha value is -1.02. The Balaban J connectivity index is 1.79. The van der Waals surface area contributed by atoms with Crippen molar-refractivity contribution >= 4 is 0 Å². The summed E-state index contributed by atoms with van der Waals surface area (Å²) >= 11 is 0. The summed E-state index contributed by atoms with van der Waals surface area (Å²) in [6.45, 7) is 2.92. The molecule has 0 amide bonds. The topological polar surface area (TPSA) is 35.2 Å². The highest BCUT2D eigenvalue weighted by Gasteiger charge is 2.09. The number of benzene rings is 1. The van der Waals surface area contributed by atoms with E-state index in [2.05, 4.69) is 25.1 Å². The summed E-state index contributed by atoms with van der Waals surface area (Å²) in [4.78, 5) is 0. The summed E-state index contributed by atoms with van der Waals surface area (Å²) in [5, 5.41) is 0. The van der Waals surface area contributed by atoms with Crippen LogP contribution in [-0.4, -0.2) is 12.6 Å². The Morgan fingerprint density at radius 3 is 2.78 bits per heavy atom. The number of rotatable bonds is 6. The predicted molar refractivity (Wildman–Crippen MR) is 76.1 cm³/mol. The molecule has 0 saturated heterocycles. The van der Waals surface area contributed by atoms with Crippen LogP contribution >= 0.6 is 0 Å². The van der Waals surface area contributed by atoms with Gasteiger partial charge in [-0.2, -0.15) is 0 Å². The first-order valence-corrected chi connectivity index (χ1v) is 7.29. The molecule has 0 aromatic heterocycles. The smallest absolute Gasteiger partial charge is 0.119 e. The van der Waals surface area contributed by atoms with Crippen molar-refractivity contribution in [3.63, 3.8) is 0 Å². The van der Waals surface area contributed by atoms with Crippen molar-refractivity contribution in [2.24, 2.45) is 5.73 Å². The van der Waals surface area contributed by atoms with Crippen molar-refractivity contribution in [3.8, 4) is 5.75 Å². The van der Waals surface area contributed by atoms with Gasteiger partial charge in [0.25, 0.3) is 0 Å². The van der Waals surface area contributed by atoms with Crippen LogP contribution in [0.2, 0.25) is 0 Å². The molecule has 1 aliphatic rings. The summed E-state index contributed by atoms with van der Waals surface area (Å²) in [7, 11) is 0. The van der Waals surface area contributed by atoms with Crippen molar-refractivity contribution in [2.75, 3.05) is 6.61 Å². The molecule has 0 fully saturated rings. The lowest BCUT2D eigenvalue weighted by atomic mass is 9.92. The van der Waals surface area contributed by atoms with E-state index in [1.807, 2.05) is 0 Å². The number of aryl methyl sites for hydroxylation is 2. The number of nitrogens with two attached hydrogens (primary N) is 1. The maximum atomic E-state index is 5.89. The van der Waals surface area contributed by atoms with Crippen LogP contribution < -0.4 is 10.5 Å². The first-order valence-electron chi connectivity index (χ1n) is 7.29. The fraction of sp³-hybridized carbons (Fsp3) is 0.625. The number of ether oxygens (including phenoxy) is 1. The summed E-state index contributed by atoms with van der Waals surface area (Å²) in [6, 6.07) is 6.91. The zero-order valence-corrected chi connectivity index (χ0v) is 11.5. The summed E-state index contributed by atoms with van der Waals surface area (Å²) in [5.74, 6) is 1.03. The third-order valence-electron chi connectivity index (χ3n) is 3.83. The van der Waals surface area contributed by atoms with Crippen LogP contribution in [0.15, 0.2) is 18.2 Å². The molecule has 0 heterocycles. The van der Waals surface area contributed by atoms with Gasteiger partial charge in [-0.3, -0.25) is 0 Å². The largest absolute Gasteiger partial charge is 0.494 e. The number of hydrogen-bond acceptors (Lipinski definition) is 2. The van der Waals surface area contributed by atoms with E-state index >= 15 is 0 Å². The van der Waals surface area contributed by atoms with Crippen LogP contribution in [0.4, 0.5) is 0 Å². The molecule has 2 rings (SSSR count). The summed E-state index contributed by atoms with van der Waals surface area (Å²) in [6.07, 6.45) is 8.27. The molecule has 2 N–H and O–H groups in total. The van der Waals surface area contributed by atoms with E-state index in [9.17, 15) is 0 Å². The molecule has 0 spiro atoms. The number of fused-ring (bicyclic) bond motifs is 1. The molecule has 1 aliphatic carbocycles. The predicted octanol–water partition coefficient (Wildman–Crippen LogP) is 3.46. The zero-order valence-electron chi connectivity index (χ0n) is 11.5. The van der Waals surface area contributed by atoms with Gasteiger partial charge in [-0.1, -0.05) is 13.0 Å². The quantitative estimate of drug-likeness (QED) is 0.781. The molecule has 1 aromatic rings. The van der Waals surface area contributed by atoms with E-state index in [1.165, 1.54) is 36.8 Å². The Morgan fingerprint density at radius 2 is 2.00 bits per heavy atom. The molecule has 0 bridgehead atoms. The van der Waals surface area contributed by atoms with Gasteiger partial charge in [-0.25, -0.2) is 0 Å². The van der Waals surface area contributed by atoms with Crippen LogP contribution in [0.5, 0.6) is 5.75 Å². The minimum Gasteiger partial charge on any atom is -0.494 e. The average Bonchev–Trinajstić information content (AvgIpc) is 2.43. The molecule has 0 radical (unpaired) electrons. The maximum Gasteiger partial charge on any atom is 0.119 e. The molecular formula is C16H25NO. The van der Waals surface area contributed by atoms with Gasteiger partial charge in [0.2, 0.25) is 0 Å². The third kappa shape index (κ3) is 3.74. The van der Waals surface area contributed by atoms with E-state index in [0.717, 1.165) is 31.6 Å². The Morgan fingerprint density at radius 1 is 1.22 bits per heavy atom. The standard InChI is InChI=1S/C16H25NO/c1-2-15(17)8-5-11-18-16-10-9-13-6-3-4-7-14(13)12-16/h9-10,12,15H,2-8,11,17H2,1H3. The van der Waals surface area contributed by atoms with E-state index in [-0.39, 0.29) is 0 Å². The molecule has 0 saturated carbocycles. The van der Waals surface area contributed by atoms with Gasteiger partial charge >= 0.3 is 0 Å². The van der Waals surface area contributed by atoms with Crippen LogP contribution in [0.3, 0.4) is 0 Å². The van der Waals surface area contributed by atoms with Crippen LogP contribution in [0, 0.1) is 0 Å². The Bertz CT molecular complexity index is 375. The van der Waals surface area contributed by atoms with Gasteiger partial charge in [0.15, 0.2) is 0 Å². The van der Waals surface area contributed by atoms with E-state index in [1.54, 1.807) is 0 Å². The van der Waals surface area contributed by atoms with Crippen molar-refractivity contribution in [2.45, 2.75) is 57.9 Å². The maximum absolute atomic E-state index is 5.89. The van der Waals surface area contributed by atoms with Crippen LogP contribution in [-0.2, 0) is 12.8 Å². The molecule has 18 heavy (non-hydrogen) atoms. The third-order valence-corrected chi connectivity index (χ3v) is 3.83. The van der Waals surface area contributed by atoms with Crippen molar-refractivity contribution in [1.82, 2.24) is 0 Å². The minimum atomic E-state index is 0.331. The fourth-order valence-electron chi connectivity index (χ4n) is 2.54. The highest BCUT2D eigenvalue weighted by Crippen LogP contribution is 2.25. The zero-order chi connectivity index (χ0) is 12.8. The lowest BCUT2D eigenvalue weighted by Gasteiger charge is -2.17. The van der Waals surface area contributed by atoms with Crippen molar-refractivity contribution in [1.29, 1.82) is 0 Å². The molecule has 1 aromatic carbocycles. The molecule has 1 unspecified atom stereocenters. The second-order valence-electron chi connectivity index (χ2n) is 5.30. The van der Waals surface area contributed by atoms with Gasteiger partial charge in [0.1, 0.15) is 5.75 Å². The summed E-state index contributed by atoms with van der Waals surface area (Å²) < 4.78 is 5.81. The average molecular weight is 247 g/mol. The molecule has 2 nitrogen and oxygen atoms in total. The monoisotopic (exact) mass is 247 g/mol. The van der Waals surface area contributed by atoms with Gasteiger partial charge in [-0.05, 0) is 68.2 Å². The van der Waals surface area contributed by atoms with E-state index in [0.29, 0.717) is 6.04 Å². The van der Waals surface area contributed by atoms with Gasteiger partial charge in [0.05, 0.1) is 6.61 Å². The molecule has 2 heteroatoms. The van der Waals surface area contributed by atoms with Crippen LogP contribution in [0.1, 0.15) is 50.2 Å². The van der Waals surface area contributed by atoms with Gasteiger partial charge in [-0.15, -0.1) is 0 Å². The first-order chi connectivity index (χ1) is 8.79. The molecule has 100 valence electrons. The van der Waals surface area contributed by atoms with E-state index in [4.69, 9.17) is 10.5 Å². The fourth-order valence-corrected chi connectivity index (χ4v) is 2.54. The van der Waals surface area contributed by atoms with E-state index < -0.39 is 0 Å². The lowest BCUT2D eigenvalue weighted by Crippen LogP contribution is -2.19. The van der Waals surface area contributed by atoms with Crippen LogP contribution in [0.25, 0.3) is 0 Å². The number of hydrogen-bond donors (Lipinski definition) is 1. The Labute approximate surface area is 111 Å². The first kappa shape index (κ1) is 13.4. The minimum absolute atomic E-state index is 0.331. The second kappa shape index (κ2) is 6.79. The molecule has 0 aliphatic heterocycles. The van der Waals surface area contributed by atoms with Gasteiger partial charge < -0.3 is 10.5 Å². The highest BCUT2D eigenvalue weighted by molar-refractivity contribution is 5.37. The normalized spacial score (nSPS) is 16.1. The highest BCUT2D eigenvalue weighted by atomic mass is 16.5. The SMILES string of the molecule is CCC(N)CCCOc1ccc2c(c1)CCCC2. The van der Waals surface area contributed by atoms with Gasteiger partial charge in [0, 0.05) is 6.04 Å². The lowest BCUT2D eigenvalue weighted by molar-refractivity contribution is 0.300. The van der Waals surface area contributed by atoms with Crippen molar-refractivity contribution in [3.05, 3.63) is 29.3 Å². The van der Waals surface area contributed by atoms with Crippen molar-refractivity contribution < 1.29 is 4.74 Å².